The highest BCUT2D eigenvalue weighted by Crippen LogP contribution is 2.67. The first-order valence-electron chi connectivity index (χ1n) is 10.2. The third kappa shape index (κ3) is 2.37. The summed E-state index contributed by atoms with van der Waals surface area (Å²) in [5, 5.41) is 11.1. The van der Waals surface area contributed by atoms with E-state index in [0.29, 0.717) is 18.3 Å². The van der Waals surface area contributed by atoms with E-state index in [1.54, 1.807) is 0 Å². The van der Waals surface area contributed by atoms with Crippen molar-refractivity contribution in [3.05, 3.63) is 11.6 Å². The second kappa shape index (κ2) is 5.67. The van der Waals surface area contributed by atoms with Gasteiger partial charge in [0.1, 0.15) is 6.10 Å². The fourth-order valence-corrected chi connectivity index (χ4v) is 7.20. The second-order valence-corrected chi connectivity index (χ2v) is 9.97. The fraction of sp³-hybridized carbons (Fsp3) is 0.818. The maximum Gasteiger partial charge on any atom is 0.302 e. The Bertz CT molecular complexity index is 678. The summed E-state index contributed by atoms with van der Waals surface area (Å²) in [7, 11) is 0. The minimum absolute atomic E-state index is 0.0628. The molecule has 0 heterocycles. The predicted octanol–water partition coefficient (Wildman–Crippen LogP) is 3.81. The van der Waals surface area contributed by atoms with Gasteiger partial charge in [0, 0.05) is 24.7 Å². The van der Waals surface area contributed by atoms with E-state index in [-0.39, 0.29) is 34.6 Å². The monoisotopic (exact) mass is 360 g/mol. The minimum Gasteiger partial charge on any atom is -0.462 e. The number of allylic oxidation sites excluding steroid dienone is 1. The summed E-state index contributed by atoms with van der Waals surface area (Å²) < 4.78 is 5.91. The standard InChI is InChI=1S/C22H32O4/c1-13(23)26-18-12-21(3)17(8-10-22(21,4)25)16-6-5-14-11-15(24)7-9-20(14,2)19(16)18/h11,16-19,25H,5-10,12H2,1-4H3/t16-,17-,18-,19+,20-,21-,22-/m0/s1. The lowest BCUT2D eigenvalue weighted by atomic mass is 9.45. The number of ketones is 1. The largest absolute Gasteiger partial charge is 0.462 e. The van der Waals surface area contributed by atoms with Crippen LogP contribution >= 0.6 is 0 Å². The van der Waals surface area contributed by atoms with Gasteiger partial charge in [-0.2, -0.15) is 0 Å². The Kier molecular flexibility index (Phi) is 3.97. The van der Waals surface area contributed by atoms with E-state index in [9.17, 15) is 14.7 Å². The number of aliphatic hydroxyl groups is 1. The number of carbonyl (C=O) groups is 2. The molecule has 0 amide bonds. The van der Waals surface area contributed by atoms with Gasteiger partial charge in [-0.05, 0) is 68.8 Å². The van der Waals surface area contributed by atoms with Crippen molar-refractivity contribution in [2.24, 2.45) is 28.6 Å². The highest BCUT2D eigenvalue weighted by Gasteiger charge is 2.65. The van der Waals surface area contributed by atoms with Gasteiger partial charge >= 0.3 is 5.97 Å². The molecule has 0 aromatic heterocycles. The third-order valence-corrected chi connectivity index (χ3v) is 8.75. The van der Waals surface area contributed by atoms with E-state index in [0.717, 1.165) is 38.5 Å². The van der Waals surface area contributed by atoms with Crippen molar-refractivity contribution in [2.45, 2.75) is 84.3 Å². The molecule has 0 saturated heterocycles. The lowest BCUT2D eigenvalue weighted by molar-refractivity contribution is -0.189. The van der Waals surface area contributed by atoms with Gasteiger partial charge in [0.15, 0.2) is 5.78 Å². The number of hydrogen-bond donors (Lipinski definition) is 1. The van der Waals surface area contributed by atoms with Crippen LogP contribution in [-0.4, -0.2) is 28.6 Å². The van der Waals surface area contributed by atoms with Gasteiger partial charge in [-0.15, -0.1) is 0 Å². The first-order valence-corrected chi connectivity index (χ1v) is 10.2. The van der Waals surface area contributed by atoms with E-state index in [2.05, 4.69) is 13.8 Å². The summed E-state index contributed by atoms with van der Waals surface area (Å²) in [5.41, 5.74) is 0.282. The van der Waals surface area contributed by atoms with Gasteiger partial charge in [-0.1, -0.05) is 19.4 Å². The second-order valence-electron chi connectivity index (χ2n) is 9.97. The Balaban J connectivity index is 1.79. The molecule has 0 aromatic carbocycles. The molecule has 26 heavy (non-hydrogen) atoms. The van der Waals surface area contributed by atoms with Crippen molar-refractivity contribution in [2.75, 3.05) is 0 Å². The molecule has 4 aliphatic rings. The first-order chi connectivity index (χ1) is 12.1. The normalized spacial score (nSPS) is 50.3. The highest BCUT2D eigenvalue weighted by atomic mass is 16.5. The zero-order valence-electron chi connectivity index (χ0n) is 16.5. The van der Waals surface area contributed by atoms with Crippen LogP contribution in [-0.2, 0) is 14.3 Å². The highest BCUT2D eigenvalue weighted by molar-refractivity contribution is 5.91. The van der Waals surface area contributed by atoms with E-state index >= 15 is 0 Å². The minimum atomic E-state index is -0.708. The summed E-state index contributed by atoms with van der Waals surface area (Å²) in [6.45, 7) is 7.94. The number of fused-ring (bicyclic) bond motifs is 5. The van der Waals surface area contributed by atoms with Crippen LogP contribution in [0.4, 0.5) is 0 Å². The molecule has 0 radical (unpaired) electrons. The smallest absolute Gasteiger partial charge is 0.302 e. The van der Waals surface area contributed by atoms with Gasteiger partial charge in [0.05, 0.1) is 5.60 Å². The molecular formula is C22H32O4. The molecule has 0 aromatic rings. The molecule has 3 fully saturated rings. The Morgan fingerprint density at radius 1 is 1.19 bits per heavy atom. The van der Waals surface area contributed by atoms with Gasteiger partial charge in [0.2, 0.25) is 0 Å². The van der Waals surface area contributed by atoms with Gasteiger partial charge in [-0.25, -0.2) is 0 Å². The average molecular weight is 360 g/mol. The quantitative estimate of drug-likeness (QED) is 0.722. The Morgan fingerprint density at radius 2 is 1.92 bits per heavy atom. The van der Waals surface area contributed by atoms with Crippen LogP contribution in [0, 0.1) is 28.6 Å². The van der Waals surface area contributed by atoms with Crippen LogP contribution in [0.25, 0.3) is 0 Å². The molecule has 0 bridgehead atoms. The molecule has 0 spiro atoms. The SMILES string of the molecule is CC(=O)O[C@H]1C[C@@]2(C)[C@@H](CC[C@]2(C)O)[C@@H]2CCC3=CC(=O)CC[C@]3(C)[C@H]21. The molecule has 4 aliphatic carbocycles. The predicted molar refractivity (Wildman–Crippen MR) is 98.3 cm³/mol. The fourth-order valence-electron chi connectivity index (χ4n) is 7.20. The average Bonchev–Trinajstić information content (AvgIpc) is 2.77. The van der Waals surface area contributed by atoms with Crippen molar-refractivity contribution in [3.63, 3.8) is 0 Å². The number of carbonyl (C=O) groups excluding carboxylic acids is 2. The van der Waals surface area contributed by atoms with Crippen LogP contribution in [0.1, 0.15) is 72.6 Å². The van der Waals surface area contributed by atoms with Crippen LogP contribution in [0.5, 0.6) is 0 Å². The van der Waals surface area contributed by atoms with E-state index < -0.39 is 5.60 Å². The van der Waals surface area contributed by atoms with Crippen molar-refractivity contribution in [3.8, 4) is 0 Å². The molecule has 144 valence electrons. The summed E-state index contributed by atoms with van der Waals surface area (Å²) in [4.78, 5) is 23.9. The van der Waals surface area contributed by atoms with Crippen molar-refractivity contribution < 1.29 is 19.4 Å². The van der Waals surface area contributed by atoms with Gasteiger partial charge < -0.3 is 9.84 Å². The summed E-state index contributed by atoms with van der Waals surface area (Å²) in [6, 6.07) is 0. The number of esters is 1. The first kappa shape index (κ1) is 18.2. The Labute approximate surface area is 156 Å². The van der Waals surface area contributed by atoms with E-state index in [1.165, 1.54) is 12.5 Å². The van der Waals surface area contributed by atoms with Crippen molar-refractivity contribution in [1.82, 2.24) is 0 Å². The molecule has 1 N–H and O–H groups in total. The molecule has 0 aliphatic heterocycles. The van der Waals surface area contributed by atoms with Crippen LogP contribution in [0.3, 0.4) is 0 Å². The Morgan fingerprint density at radius 3 is 2.62 bits per heavy atom. The molecular weight excluding hydrogens is 328 g/mol. The zero-order chi connectivity index (χ0) is 18.9. The maximum absolute atomic E-state index is 12.0. The van der Waals surface area contributed by atoms with E-state index in [4.69, 9.17) is 4.74 Å². The number of hydrogen-bond acceptors (Lipinski definition) is 4. The molecule has 3 saturated carbocycles. The summed E-state index contributed by atoms with van der Waals surface area (Å²) in [6.07, 6.45) is 7.74. The third-order valence-electron chi connectivity index (χ3n) is 8.75. The molecule has 7 atom stereocenters. The number of ether oxygens (including phenoxy) is 1. The van der Waals surface area contributed by atoms with E-state index in [1.807, 2.05) is 13.0 Å². The van der Waals surface area contributed by atoms with Crippen LogP contribution < -0.4 is 0 Å². The van der Waals surface area contributed by atoms with Crippen LogP contribution in [0.2, 0.25) is 0 Å². The van der Waals surface area contributed by atoms with Crippen molar-refractivity contribution >= 4 is 11.8 Å². The van der Waals surface area contributed by atoms with Gasteiger partial charge in [0.25, 0.3) is 0 Å². The summed E-state index contributed by atoms with van der Waals surface area (Å²) in [5.74, 6) is 1.17. The maximum atomic E-state index is 12.0. The lowest BCUT2D eigenvalue weighted by Gasteiger charge is -2.60. The lowest BCUT2D eigenvalue weighted by Crippen LogP contribution is -2.60. The van der Waals surface area contributed by atoms with Crippen molar-refractivity contribution in [1.29, 1.82) is 0 Å². The summed E-state index contributed by atoms with van der Waals surface area (Å²) >= 11 is 0. The van der Waals surface area contributed by atoms with Gasteiger partial charge in [-0.3, -0.25) is 9.59 Å². The molecule has 4 rings (SSSR count). The molecule has 4 heteroatoms. The van der Waals surface area contributed by atoms with Crippen LogP contribution in [0.15, 0.2) is 11.6 Å². The molecule has 4 nitrogen and oxygen atoms in total. The zero-order valence-corrected chi connectivity index (χ0v) is 16.5. The number of rotatable bonds is 1. The Hall–Kier alpha value is -1.16. The molecule has 0 unspecified atom stereocenters. The topological polar surface area (TPSA) is 63.6 Å².